The molecule has 1 atom stereocenters. The SMILES string of the molecule is CCCCC(N)(CCCC)C(C)O.CCCCCCCCCC(=O)O. The van der Waals surface area contributed by atoms with E-state index in [1.54, 1.807) is 0 Å². The second kappa shape index (κ2) is 18.2. The summed E-state index contributed by atoms with van der Waals surface area (Å²) in [6.07, 6.45) is 14.7. The quantitative estimate of drug-likeness (QED) is 0.330. The maximum absolute atomic E-state index is 10.1. The van der Waals surface area contributed by atoms with Crippen LogP contribution in [0.3, 0.4) is 0 Å². The smallest absolute Gasteiger partial charge is 0.303 e. The molecule has 0 bridgehead atoms. The van der Waals surface area contributed by atoms with Gasteiger partial charge in [-0.25, -0.2) is 0 Å². The first-order valence-electron chi connectivity index (χ1n) is 10.5. The third-order valence-electron chi connectivity index (χ3n) is 4.82. The highest BCUT2D eigenvalue weighted by Gasteiger charge is 2.28. The van der Waals surface area contributed by atoms with Crippen LogP contribution in [-0.4, -0.2) is 27.8 Å². The van der Waals surface area contributed by atoms with Crippen molar-refractivity contribution >= 4 is 5.97 Å². The molecule has 25 heavy (non-hydrogen) atoms. The zero-order valence-corrected chi connectivity index (χ0v) is 17.4. The summed E-state index contributed by atoms with van der Waals surface area (Å²) in [4.78, 5) is 10.1. The number of rotatable bonds is 15. The lowest BCUT2D eigenvalue weighted by molar-refractivity contribution is -0.137. The molecule has 0 radical (unpaired) electrons. The molecule has 0 rings (SSSR count). The highest BCUT2D eigenvalue weighted by Crippen LogP contribution is 2.22. The lowest BCUT2D eigenvalue weighted by Gasteiger charge is -2.32. The van der Waals surface area contributed by atoms with Gasteiger partial charge < -0.3 is 15.9 Å². The van der Waals surface area contributed by atoms with E-state index in [4.69, 9.17) is 10.8 Å². The van der Waals surface area contributed by atoms with E-state index in [1.165, 1.54) is 32.1 Å². The minimum Gasteiger partial charge on any atom is -0.481 e. The number of carboxylic acid groups (broad SMARTS) is 1. The highest BCUT2D eigenvalue weighted by atomic mass is 16.4. The van der Waals surface area contributed by atoms with Crippen molar-refractivity contribution < 1.29 is 15.0 Å². The van der Waals surface area contributed by atoms with Crippen LogP contribution >= 0.6 is 0 Å². The van der Waals surface area contributed by atoms with E-state index in [0.29, 0.717) is 6.42 Å². The van der Waals surface area contributed by atoms with Crippen LogP contribution in [0, 0.1) is 0 Å². The van der Waals surface area contributed by atoms with Crippen LogP contribution < -0.4 is 5.73 Å². The van der Waals surface area contributed by atoms with Gasteiger partial charge in [-0.1, -0.05) is 85.0 Å². The second-order valence-corrected chi connectivity index (χ2v) is 7.38. The molecule has 0 saturated heterocycles. The number of hydrogen-bond acceptors (Lipinski definition) is 3. The molecule has 0 aromatic heterocycles. The van der Waals surface area contributed by atoms with Gasteiger partial charge >= 0.3 is 5.97 Å². The van der Waals surface area contributed by atoms with Crippen molar-refractivity contribution in [2.45, 2.75) is 129 Å². The van der Waals surface area contributed by atoms with E-state index < -0.39 is 5.97 Å². The monoisotopic (exact) mass is 359 g/mol. The third-order valence-corrected chi connectivity index (χ3v) is 4.82. The molecular weight excluding hydrogens is 314 g/mol. The van der Waals surface area contributed by atoms with E-state index >= 15 is 0 Å². The molecular formula is C21H45NO3. The number of carboxylic acids is 1. The molecule has 0 aliphatic carbocycles. The van der Waals surface area contributed by atoms with E-state index in [9.17, 15) is 9.90 Å². The van der Waals surface area contributed by atoms with Crippen LogP contribution in [0.1, 0.15) is 118 Å². The highest BCUT2D eigenvalue weighted by molar-refractivity contribution is 5.66. The van der Waals surface area contributed by atoms with E-state index in [1.807, 2.05) is 6.92 Å². The Kier molecular flexibility index (Phi) is 19.4. The van der Waals surface area contributed by atoms with Crippen LogP contribution in [0.4, 0.5) is 0 Å². The maximum atomic E-state index is 10.1. The minimum atomic E-state index is -0.663. The first kappa shape index (κ1) is 26.6. The first-order valence-corrected chi connectivity index (χ1v) is 10.5. The van der Waals surface area contributed by atoms with Gasteiger partial charge in [-0.05, 0) is 26.2 Å². The van der Waals surface area contributed by atoms with Crippen LogP contribution in [0.15, 0.2) is 0 Å². The van der Waals surface area contributed by atoms with Crippen molar-refractivity contribution in [3.63, 3.8) is 0 Å². The van der Waals surface area contributed by atoms with Crippen molar-refractivity contribution in [2.75, 3.05) is 0 Å². The largest absolute Gasteiger partial charge is 0.481 e. The summed E-state index contributed by atoms with van der Waals surface area (Å²) in [6, 6.07) is 0. The number of aliphatic carboxylic acids is 1. The number of aliphatic hydroxyl groups excluding tert-OH is 1. The molecule has 0 aliphatic rings. The lowest BCUT2D eigenvalue weighted by Crippen LogP contribution is -2.49. The predicted octanol–water partition coefficient (Wildman–Crippen LogP) is 5.66. The Hall–Kier alpha value is -0.610. The number of nitrogens with two attached hydrogens (primary N) is 1. The maximum Gasteiger partial charge on any atom is 0.303 e. The first-order chi connectivity index (χ1) is 11.8. The van der Waals surface area contributed by atoms with Crippen LogP contribution in [-0.2, 0) is 4.79 Å². The van der Waals surface area contributed by atoms with Crippen LogP contribution in [0.25, 0.3) is 0 Å². The van der Waals surface area contributed by atoms with Gasteiger partial charge in [0.25, 0.3) is 0 Å². The lowest BCUT2D eigenvalue weighted by atomic mass is 9.84. The van der Waals surface area contributed by atoms with Gasteiger partial charge in [-0.15, -0.1) is 0 Å². The van der Waals surface area contributed by atoms with Crippen molar-refractivity contribution in [3.8, 4) is 0 Å². The van der Waals surface area contributed by atoms with Gasteiger partial charge in [0, 0.05) is 12.0 Å². The molecule has 1 unspecified atom stereocenters. The van der Waals surface area contributed by atoms with Crippen molar-refractivity contribution in [3.05, 3.63) is 0 Å². The summed E-state index contributed by atoms with van der Waals surface area (Å²) in [7, 11) is 0. The van der Waals surface area contributed by atoms with E-state index in [-0.39, 0.29) is 11.6 Å². The van der Waals surface area contributed by atoms with E-state index in [2.05, 4.69) is 20.8 Å². The summed E-state index contributed by atoms with van der Waals surface area (Å²) in [5.74, 6) is -0.663. The van der Waals surface area contributed by atoms with Gasteiger partial charge in [0.2, 0.25) is 0 Å². The zero-order chi connectivity index (χ0) is 19.6. The van der Waals surface area contributed by atoms with Gasteiger partial charge in [-0.3, -0.25) is 4.79 Å². The van der Waals surface area contributed by atoms with Gasteiger partial charge in [0.05, 0.1) is 6.10 Å². The average Bonchev–Trinajstić information content (AvgIpc) is 2.57. The minimum absolute atomic E-state index is 0.341. The molecule has 0 saturated carbocycles. The Balaban J connectivity index is 0. The average molecular weight is 360 g/mol. The molecule has 4 nitrogen and oxygen atoms in total. The summed E-state index contributed by atoms with van der Waals surface area (Å²) >= 11 is 0. The molecule has 0 aromatic rings. The Labute approximate surface area is 156 Å². The fourth-order valence-corrected chi connectivity index (χ4v) is 2.79. The Bertz CT molecular complexity index is 285. The van der Waals surface area contributed by atoms with Gasteiger partial charge in [-0.2, -0.15) is 0 Å². The summed E-state index contributed by atoms with van der Waals surface area (Å²) < 4.78 is 0. The molecule has 4 heteroatoms. The summed E-state index contributed by atoms with van der Waals surface area (Å²) in [5, 5.41) is 18.0. The second-order valence-electron chi connectivity index (χ2n) is 7.38. The summed E-state index contributed by atoms with van der Waals surface area (Å²) in [5.41, 5.74) is 5.82. The fraction of sp³-hybridized carbons (Fsp3) is 0.952. The van der Waals surface area contributed by atoms with Crippen molar-refractivity contribution in [1.82, 2.24) is 0 Å². The topological polar surface area (TPSA) is 83.5 Å². The molecule has 0 aliphatic heterocycles. The Morgan fingerprint density at radius 2 is 1.24 bits per heavy atom. The molecule has 152 valence electrons. The molecule has 4 N–H and O–H groups in total. The van der Waals surface area contributed by atoms with Crippen LogP contribution in [0.2, 0.25) is 0 Å². The fourth-order valence-electron chi connectivity index (χ4n) is 2.79. The van der Waals surface area contributed by atoms with Crippen LogP contribution in [0.5, 0.6) is 0 Å². The Morgan fingerprint density at radius 1 is 0.840 bits per heavy atom. The number of unbranched alkanes of at least 4 members (excludes halogenated alkanes) is 8. The standard InChI is InChI=1S/C11H25NO.C10H20O2/c1-4-6-8-11(12,10(3)13)9-7-5-2;1-2-3-4-5-6-7-8-9-10(11)12/h10,13H,4-9,12H2,1-3H3;2-9H2,1H3,(H,11,12). The number of aliphatic hydroxyl groups is 1. The van der Waals surface area contributed by atoms with Crippen molar-refractivity contribution in [2.24, 2.45) is 5.73 Å². The molecule has 0 spiro atoms. The van der Waals surface area contributed by atoms with E-state index in [0.717, 1.165) is 51.4 Å². The molecule has 0 heterocycles. The normalized spacial score (nSPS) is 12.4. The number of hydrogen-bond donors (Lipinski definition) is 3. The van der Waals surface area contributed by atoms with Gasteiger partial charge in [0.15, 0.2) is 0 Å². The zero-order valence-electron chi connectivity index (χ0n) is 17.4. The molecule has 0 amide bonds. The molecule has 0 aromatic carbocycles. The third kappa shape index (κ3) is 18.0. The number of carbonyl (C=O) groups is 1. The van der Waals surface area contributed by atoms with Gasteiger partial charge in [0.1, 0.15) is 0 Å². The molecule has 0 fully saturated rings. The Morgan fingerprint density at radius 3 is 1.60 bits per heavy atom. The van der Waals surface area contributed by atoms with Crippen molar-refractivity contribution in [1.29, 1.82) is 0 Å². The predicted molar refractivity (Wildman–Crippen MR) is 108 cm³/mol. The summed E-state index contributed by atoms with van der Waals surface area (Å²) in [6.45, 7) is 8.32.